The van der Waals surface area contributed by atoms with E-state index in [1.165, 1.54) is 10.5 Å². The molecule has 1 atom stereocenters. The Morgan fingerprint density at radius 3 is 2.34 bits per heavy atom. The van der Waals surface area contributed by atoms with Gasteiger partial charge in [-0.05, 0) is 25.0 Å². The van der Waals surface area contributed by atoms with Crippen molar-refractivity contribution in [3.05, 3.63) is 18.3 Å². The lowest BCUT2D eigenvalue weighted by molar-refractivity contribution is -0.139. The van der Waals surface area contributed by atoms with Gasteiger partial charge in [-0.25, -0.2) is 13.4 Å². The lowest BCUT2D eigenvalue weighted by Crippen LogP contribution is -2.48. The lowest BCUT2D eigenvalue weighted by atomic mass is 9.96. The molecule has 0 spiro atoms. The van der Waals surface area contributed by atoms with Crippen LogP contribution in [0.15, 0.2) is 23.2 Å². The maximum Gasteiger partial charge on any atom is 0.244 e. The molecule has 0 aromatic carbocycles. The first-order valence-corrected chi connectivity index (χ1v) is 11.6. The Labute approximate surface area is 171 Å². The van der Waals surface area contributed by atoms with Crippen LogP contribution < -0.4 is 4.90 Å². The average Bonchev–Trinajstić information content (AvgIpc) is 2.80. The number of pyridine rings is 1. The number of sulfonamides is 1. The van der Waals surface area contributed by atoms with E-state index in [9.17, 15) is 13.2 Å². The Bertz CT molecular complexity index is 804. The van der Waals surface area contributed by atoms with Crippen molar-refractivity contribution in [2.45, 2.75) is 17.7 Å². The smallest absolute Gasteiger partial charge is 0.244 e. The van der Waals surface area contributed by atoms with Gasteiger partial charge in [0.05, 0.1) is 32.3 Å². The number of rotatable bonds is 4. The van der Waals surface area contributed by atoms with Crippen LogP contribution in [0, 0.1) is 5.92 Å². The molecule has 3 aliphatic heterocycles. The fraction of sp³-hybridized carbons (Fsp3) is 0.684. The van der Waals surface area contributed by atoms with E-state index in [4.69, 9.17) is 9.47 Å². The standard InChI is InChI=1S/C19H28N4O5S/c24-19(21-6-10-27-11-7-21)16-2-1-5-22(15-16)18-4-3-17(14-20-18)29(25,26)23-8-12-28-13-9-23/h3-4,14,16H,1-2,5-13,15H2. The quantitative estimate of drug-likeness (QED) is 0.681. The van der Waals surface area contributed by atoms with E-state index in [0.29, 0.717) is 65.0 Å². The van der Waals surface area contributed by atoms with E-state index >= 15 is 0 Å². The minimum atomic E-state index is -3.55. The zero-order valence-corrected chi connectivity index (χ0v) is 17.3. The van der Waals surface area contributed by atoms with Gasteiger partial charge in [-0.2, -0.15) is 4.31 Å². The number of aromatic nitrogens is 1. The number of anilines is 1. The van der Waals surface area contributed by atoms with Crippen molar-refractivity contribution in [2.75, 3.05) is 70.6 Å². The topological polar surface area (TPSA) is 92.3 Å². The van der Waals surface area contributed by atoms with Crippen LogP contribution in [0.25, 0.3) is 0 Å². The molecule has 3 saturated heterocycles. The fourth-order valence-electron chi connectivity index (χ4n) is 4.08. The first-order chi connectivity index (χ1) is 14.1. The highest BCUT2D eigenvalue weighted by Crippen LogP contribution is 2.25. The van der Waals surface area contributed by atoms with Crippen molar-refractivity contribution >= 4 is 21.7 Å². The van der Waals surface area contributed by atoms with Crippen LogP contribution >= 0.6 is 0 Å². The second kappa shape index (κ2) is 8.95. The highest BCUT2D eigenvalue weighted by molar-refractivity contribution is 7.89. The molecule has 0 aliphatic carbocycles. The van der Waals surface area contributed by atoms with Crippen LogP contribution in [-0.4, -0.2) is 94.2 Å². The Hall–Kier alpha value is -1.75. The summed E-state index contributed by atoms with van der Waals surface area (Å²) in [6, 6.07) is 3.36. The van der Waals surface area contributed by atoms with E-state index < -0.39 is 10.0 Å². The molecule has 0 radical (unpaired) electrons. The van der Waals surface area contributed by atoms with Gasteiger partial charge < -0.3 is 19.3 Å². The van der Waals surface area contributed by atoms with Gasteiger partial charge in [-0.3, -0.25) is 4.79 Å². The minimum Gasteiger partial charge on any atom is -0.379 e. The molecule has 10 heteroatoms. The Balaban J connectivity index is 1.42. The van der Waals surface area contributed by atoms with Gasteiger partial charge in [0.2, 0.25) is 15.9 Å². The van der Waals surface area contributed by atoms with Gasteiger partial charge in [-0.1, -0.05) is 0 Å². The zero-order chi connectivity index (χ0) is 20.3. The first-order valence-electron chi connectivity index (χ1n) is 10.2. The summed E-state index contributed by atoms with van der Waals surface area (Å²) >= 11 is 0. The molecule has 29 heavy (non-hydrogen) atoms. The molecule has 0 bridgehead atoms. The molecule has 3 aliphatic rings. The number of morpholine rings is 2. The van der Waals surface area contributed by atoms with Crippen molar-refractivity contribution in [1.82, 2.24) is 14.2 Å². The number of carbonyl (C=O) groups is 1. The van der Waals surface area contributed by atoms with Crippen LogP contribution in [-0.2, 0) is 24.3 Å². The number of hydrogen-bond donors (Lipinski definition) is 0. The summed E-state index contributed by atoms with van der Waals surface area (Å²) in [6.07, 6.45) is 3.21. The molecule has 160 valence electrons. The molecule has 0 saturated carbocycles. The molecular formula is C19H28N4O5S. The summed E-state index contributed by atoms with van der Waals surface area (Å²) < 4.78 is 37.5. The minimum absolute atomic E-state index is 0.0552. The van der Waals surface area contributed by atoms with E-state index in [0.717, 1.165) is 19.4 Å². The summed E-state index contributed by atoms with van der Waals surface area (Å²) in [5, 5.41) is 0. The maximum absolute atomic E-state index is 12.8. The Morgan fingerprint density at radius 2 is 1.69 bits per heavy atom. The summed E-state index contributed by atoms with van der Waals surface area (Å²) in [5.41, 5.74) is 0. The highest BCUT2D eigenvalue weighted by Gasteiger charge is 2.31. The van der Waals surface area contributed by atoms with E-state index in [-0.39, 0.29) is 16.7 Å². The molecule has 4 heterocycles. The zero-order valence-electron chi connectivity index (χ0n) is 16.5. The van der Waals surface area contributed by atoms with E-state index in [1.54, 1.807) is 12.1 Å². The largest absolute Gasteiger partial charge is 0.379 e. The third-order valence-electron chi connectivity index (χ3n) is 5.75. The third-order valence-corrected chi connectivity index (χ3v) is 7.63. The molecule has 9 nitrogen and oxygen atoms in total. The second-order valence-corrected chi connectivity index (χ2v) is 9.53. The van der Waals surface area contributed by atoms with Crippen molar-refractivity contribution < 1.29 is 22.7 Å². The van der Waals surface area contributed by atoms with Crippen LogP contribution in [0.2, 0.25) is 0 Å². The summed E-state index contributed by atoms with van der Waals surface area (Å²) in [5.74, 6) is 0.843. The summed E-state index contributed by atoms with van der Waals surface area (Å²) in [7, 11) is -3.55. The second-order valence-electron chi connectivity index (χ2n) is 7.59. The predicted molar refractivity (Wildman–Crippen MR) is 106 cm³/mol. The van der Waals surface area contributed by atoms with E-state index in [1.807, 2.05) is 4.90 Å². The number of piperidine rings is 1. The van der Waals surface area contributed by atoms with Gasteiger partial charge in [0.25, 0.3) is 0 Å². The lowest BCUT2D eigenvalue weighted by Gasteiger charge is -2.36. The number of hydrogen-bond acceptors (Lipinski definition) is 7. The first kappa shape index (κ1) is 20.5. The van der Waals surface area contributed by atoms with E-state index in [2.05, 4.69) is 9.88 Å². The molecule has 1 amide bonds. The number of carbonyl (C=O) groups excluding carboxylic acids is 1. The molecule has 3 fully saturated rings. The van der Waals surface area contributed by atoms with Crippen LogP contribution in [0.1, 0.15) is 12.8 Å². The third kappa shape index (κ3) is 4.55. The van der Waals surface area contributed by atoms with Crippen LogP contribution in [0.3, 0.4) is 0 Å². The number of ether oxygens (including phenoxy) is 2. The highest BCUT2D eigenvalue weighted by atomic mass is 32.2. The average molecular weight is 425 g/mol. The maximum atomic E-state index is 12.8. The van der Waals surface area contributed by atoms with Crippen molar-refractivity contribution in [1.29, 1.82) is 0 Å². The van der Waals surface area contributed by atoms with Gasteiger partial charge in [-0.15, -0.1) is 0 Å². The Morgan fingerprint density at radius 1 is 1.00 bits per heavy atom. The normalized spacial score (nSPS) is 24.5. The van der Waals surface area contributed by atoms with Crippen molar-refractivity contribution in [3.63, 3.8) is 0 Å². The summed E-state index contributed by atoms with van der Waals surface area (Å²) in [4.78, 5) is 21.4. The number of amides is 1. The molecule has 1 aromatic heterocycles. The SMILES string of the molecule is O=C(C1CCCN(c2ccc(S(=O)(=O)N3CCOCC3)cn2)C1)N1CCOCC1. The molecule has 1 unspecified atom stereocenters. The molecule has 0 N–H and O–H groups in total. The van der Waals surface area contributed by atoms with Gasteiger partial charge in [0.1, 0.15) is 10.7 Å². The summed E-state index contributed by atoms with van der Waals surface area (Å²) in [6.45, 7) is 5.49. The van der Waals surface area contributed by atoms with Crippen molar-refractivity contribution in [3.8, 4) is 0 Å². The molecular weight excluding hydrogens is 396 g/mol. The van der Waals surface area contributed by atoms with Crippen molar-refractivity contribution in [2.24, 2.45) is 5.92 Å². The van der Waals surface area contributed by atoms with Gasteiger partial charge in [0, 0.05) is 45.5 Å². The van der Waals surface area contributed by atoms with Crippen LogP contribution in [0.4, 0.5) is 5.82 Å². The monoisotopic (exact) mass is 424 g/mol. The number of nitrogens with zero attached hydrogens (tertiary/aromatic N) is 4. The van der Waals surface area contributed by atoms with Gasteiger partial charge in [0.15, 0.2) is 0 Å². The fourth-order valence-corrected chi connectivity index (χ4v) is 5.43. The predicted octanol–water partition coefficient (Wildman–Crippen LogP) is 0.178. The molecule has 1 aromatic rings. The van der Waals surface area contributed by atoms with Gasteiger partial charge >= 0.3 is 0 Å². The van der Waals surface area contributed by atoms with Crippen LogP contribution in [0.5, 0.6) is 0 Å². The molecule has 4 rings (SSSR count). The Kier molecular flexibility index (Phi) is 6.33.